The van der Waals surface area contributed by atoms with Crippen LogP contribution >= 0.6 is 23.1 Å². The Morgan fingerprint density at radius 2 is 2.00 bits per heavy atom. The zero-order chi connectivity index (χ0) is 18.6. The minimum absolute atomic E-state index is 0.0678. The maximum absolute atomic E-state index is 12.3. The van der Waals surface area contributed by atoms with Gasteiger partial charge in [-0.05, 0) is 24.1 Å². The van der Waals surface area contributed by atoms with E-state index in [9.17, 15) is 4.79 Å². The summed E-state index contributed by atoms with van der Waals surface area (Å²) in [6.45, 7) is 2.66. The first-order chi connectivity index (χ1) is 13.2. The highest BCUT2D eigenvalue weighted by atomic mass is 32.2. The molecule has 0 bridgehead atoms. The van der Waals surface area contributed by atoms with Crippen LogP contribution in [0.2, 0.25) is 0 Å². The summed E-state index contributed by atoms with van der Waals surface area (Å²) < 4.78 is 2.41. The van der Waals surface area contributed by atoms with E-state index in [0.29, 0.717) is 17.9 Å². The first kappa shape index (κ1) is 17.7. The molecule has 1 aromatic carbocycles. The van der Waals surface area contributed by atoms with Gasteiger partial charge in [-0.3, -0.25) is 9.20 Å². The molecule has 1 N–H and O–H groups in total. The number of aryl methyl sites for hydroxylation is 1. The molecule has 3 aromatic heterocycles. The Morgan fingerprint density at radius 1 is 1.15 bits per heavy atom. The van der Waals surface area contributed by atoms with Crippen molar-refractivity contribution in [2.45, 2.75) is 23.6 Å². The molecule has 3 heterocycles. The van der Waals surface area contributed by atoms with Crippen LogP contribution in [-0.4, -0.2) is 19.6 Å². The number of benzene rings is 1. The summed E-state index contributed by atoms with van der Waals surface area (Å²) in [5.74, 6) is 0.577. The Balaban J connectivity index is 1.42. The molecule has 0 aliphatic rings. The second-order valence-electron chi connectivity index (χ2n) is 5.97. The van der Waals surface area contributed by atoms with Gasteiger partial charge in [-0.1, -0.05) is 59.5 Å². The summed E-state index contributed by atoms with van der Waals surface area (Å²) in [5.41, 5.74) is 3.54. The molecule has 0 aliphatic heterocycles. The van der Waals surface area contributed by atoms with Crippen LogP contribution in [0.4, 0.5) is 5.13 Å². The van der Waals surface area contributed by atoms with Crippen molar-refractivity contribution >= 4 is 33.9 Å². The lowest BCUT2D eigenvalue weighted by molar-refractivity contribution is 0.987. The van der Waals surface area contributed by atoms with E-state index in [1.165, 1.54) is 28.7 Å². The Kier molecular flexibility index (Phi) is 5.17. The molecule has 0 fully saturated rings. The number of fused-ring (bicyclic) bond motifs is 1. The van der Waals surface area contributed by atoms with Crippen molar-refractivity contribution in [3.63, 3.8) is 0 Å². The zero-order valence-electron chi connectivity index (χ0n) is 14.6. The number of aromatic nitrogens is 4. The third kappa shape index (κ3) is 4.17. The summed E-state index contributed by atoms with van der Waals surface area (Å²) in [6, 6.07) is 15.5. The Bertz CT molecular complexity index is 1120. The van der Waals surface area contributed by atoms with Crippen molar-refractivity contribution < 1.29 is 0 Å². The van der Waals surface area contributed by atoms with Gasteiger partial charge in [0, 0.05) is 24.6 Å². The second kappa shape index (κ2) is 7.89. The van der Waals surface area contributed by atoms with Crippen LogP contribution in [0, 0.1) is 6.92 Å². The van der Waals surface area contributed by atoms with Gasteiger partial charge in [0.05, 0.1) is 5.69 Å². The van der Waals surface area contributed by atoms with Gasteiger partial charge in [0.15, 0.2) is 4.34 Å². The van der Waals surface area contributed by atoms with Crippen LogP contribution in [0.5, 0.6) is 0 Å². The predicted octanol–water partition coefficient (Wildman–Crippen LogP) is 3.76. The van der Waals surface area contributed by atoms with E-state index in [2.05, 4.69) is 32.6 Å². The molecule has 0 radical (unpaired) electrons. The van der Waals surface area contributed by atoms with Crippen molar-refractivity contribution in [1.29, 1.82) is 0 Å². The summed E-state index contributed by atoms with van der Waals surface area (Å²) in [5, 5.41) is 12.4. The SMILES string of the molecule is Cc1cccn2c(=O)cc(CSc3nnc(NCc4ccccc4)s3)nc12. The Hall–Kier alpha value is -2.71. The van der Waals surface area contributed by atoms with Gasteiger partial charge >= 0.3 is 0 Å². The predicted molar refractivity (Wildman–Crippen MR) is 109 cm³/mol. The van der Waals surface area contributed by atoms with Gasteiger partial charge in [0.1, 0.15) is 5.65 Å². The average Bonchev–Trinajstić information content (AvgIpc) is 3.14. The summed E-state index contributed by atoms with van der Waals surface area (Å²) in [4.78, 5) is 16.9. The Morgan fingerprint density at radius 3 is 2.85 bits per heavy atom. The number of anilines is 1. The molecule has 0 saturated heterocycles. The molecule has 0 aliphatic carbocycles. The molecule has 0 saturated carbocycles. The molecule has 0 amide bonds. The van der Waals surface area contributed by atoms with E-state index in [1.807, 2.05) is 37.3 Å². The molecule has 0 atom stereocenters. The molecule has 6 nitrogen and oxygen atoms in total. The molecule has 4 aromatic rings. The van der Waals surface area contributed by atoms with Crippen LogP contribution in [0.1, 0.15) is 16.8 Å². The first-order valence-electron chi connectivity index (χ1n) is 8.41. The average molecular weight is 396 g/mol. The highest BCUT2D eigenvalue weighted by Crippen LogP contribution is 2.28. The highest BCUT2D eigenvalue weighted by molar-refractivity contribution is 8.00. The molecule has 0 spiro atoms. The fourth-order valence-corrected chi connectivity index (χ4v) is 4.27. The highest BCUT2D eigenvalue weighted by Gasteiger charge is 2.08. The topological polar surface area (TPSA) is 72.2 Å². The number of rotatable bonds is 6. The van der Waals surface area contributed by atoms with Crippen molar-refractivity contribution in [3.05, 3.63) is 81.9 Å². The van der Waals surface area contributed by atoms with Crippen molar-refractivity contribution in [3.8, 4) is 0 Å². The van der Waals surface area contributed by atoms with E-state index in [4.69, 9.17) is 0 Å². The minimum Gasteiger partial charge on any atom is -0.356 e. The van der Waals surface area contributed by atoms with Crippen LogP contribution in [0.3, 0.4) is 0 Å². The fourth-order valence-electron chi connectivity index (χ4n) is 2.63. The lowest BCUT2D eigenvalue weighted by atomic mass is 10.2. The number of pyridine rings is 1. The van der Waals surface area contributed by atoms with Crippen LogP contribution in [0.25, 0.3) is 5.65 Å². The van der Waals surface area contributed by atoms with E-state index in [1.54, 1.807) is 16.7 Å². The summed E-state index contributed by atoms with van der Waals surface area (Å²) in [7, 11) is 0. The normalized spacial score (nSPS) is 11.0. The number of nitrogens with zero attached hydrogens (tertiary/aromatic N) is 4. The number of hydrogen-bond acceptors (Lipinski definition) is 7. The smallest absolute Gasteiger partial charge is 0.258 e. The van der Waals surface area contributed by atoms with Crippen LogP contribution in [0.15, 0.2) is 63.9 Å². The quantitative estimate of drug-likeness (QED) is 0.501. The number of nitrogens with one attached hydrogen (secondary N) is 1. The first-order valence-corrected chi connectivity index (χ1v) is 10.2. The monoisotopic (exact) mass is 395 g/mol. The van der Waals surface area contributed by atoms with Crippen molar-refractivity contribution in [2.75, 3.05) is 5.32 Å². The second-order valence-corrected chi connectivity index (χ2v) is 8.17. The van der Waals surface area contributed by atoms with Crippen molar-refractivity contribution in [2.24, 2.45) is 0 Å². The van der Waals surface area contributed by atoms with Gasteiger partial charge in [-0.2, -0.15) is 0 Å². The van der Waals surface area contributed by atoms with E-state index >= 15 is 0 Å². The maximum Gasteiger partial charge on any atom is 0.258 e. The molecule has 8 heteroatoms. The molecule has 4 rings (SSSR count). The Labute approximate surface area is 164 Å². The van der Waals surface area contributed by atoms with Crippen molar-refractivity contribution in [1.82, 2.24) is 19.6 Å². The summed E-state index contributed by atoms with van der Waals surface area (Å²) in [6.07, 6.45) is 1.74. The molecule has 136 valence electrons. The van der Waals surface area contributed by atoms with E-state index in [-0.39, 0.29) is 5.56 Å². The third-order valence-electron chi connectivity index (χ3n) is 3.98. The maximum atomic E-state index is 12.3. The standard InChI is InChI=1S/C19H17N5OS2/c1-13-6-5-9-24-16(25)10-15(21-17(13)24)12-26-19-23-22-18(27-19)20-11-14-7-3-2-4-8-14/h2-10H,11-12H2,1H3,(H,20,22). The van der Waals surface area contributed by atoms with Gasteiger partial charge in [-0.25, -0.2) is 4.98 Å². The van der Waals surface area contributed by atoms with Gasteiger partial charge in [0.2, 0.25) is 5.13 Å². The van der Waals surface area contributed by atoms with Gasteiger partial charge in [0.25, 0.3) is 5.56 Å². The molecule has 0 unspecified atom stereocenters. The lowest BCUT2D eigenvalue weighted by Crippen LogP contribution is -2.15. The number of hydrogen-bond donors (Lipinski definition) is 1. The van der Waals surface area contributed by atoms with Crippen LogP contribution in [-0.2, 0) is 12.3 Å². The fraction of sp³-hybridized carbons (Fsp3) is 0.158. The summed E-state index contributed by atoms with van der Waals surface area (Å²) >= 11 is 3.03. The minimum atomic E-state index is -0.0678. The third-order valence-corrected chi connectivity index (χ3v) is 6.02. The van der Waals surface area contributed by atoms with E-state index in [0.717, 1.165) is 20.7 Å². The van der Waals surface area contributed by atoms with Gasteiger partial charge in [-0.15, -0.1) is 10.2 Å². The molecular formula is C19H17N5OS2. The number of thioether (sulfide) groups is 1. The lowest BCUT2D eigenvalue weighted by Gasteiger charge is -2.05. The zero-order valence-corrected chi connectivity index (χ0v) is 16.3. The molecular weight excluding hydrogens is 378 g/mol. The van der Waals surface area contributed by atoms with E-state index < -0.39 is 0 Å². The largest absolute Gasteiger partial charge is 0.356 e. The molecule has 27 heavy (non-hydrogen) atoms. The van der Waals surface area contributed by atoms with Gasteiger partial charge < -0.3 is 5.32 Å². The van der Waals surface area contributed by atoms with Crippen LogP contribution < -0.4 is 10.9 Å².